The van der Waals surface area contributed by atoms with Crippen molar-refractivity contribution in [2.75, 3.05) is 4.90 Å². The Bertz CT molecular complexity index is 1820. The molecule has 1 fully saturated rings. The molecular formula is C31H22ClN3O2S. The summed E-state index contributed by atoms with van der Waals surface area (Å²) in [7, 11) is 0. The number of halogens is 1. The second-order valence-corrected chi connectivity index (χ2v) is 10.0. The van der Waals surface area contributed by atoms with Crippen molar-refractivity contribution < 1.29 is 9.59 Å². The minimum atomic E-state index is -0.526. The molecule has 1 aliphatic heterocycles. The molecule has 1 saturated heterocycles. The van der Waals surface area contributed by atoms with E-state index in [2.05, 4.69) is 40.2 Å². The van der Waals surface area contributed by atoms with Crippen LogP contribution >= 0.6 is 23.8 Å². The third-order valence-corrected chi connectivity index (χ3v) is 7.62. The first-order valence-corrected chi connectivity index (χ1v) is 12.9. The minimum absolute atomic E-state index is 0.00559. The molecule has 1 N–H and O–H groups in total. The monoisotopic (exact) mass is 535 g/mol. The van der Waals surface area contributed by atoms with E-state index in [-0.39, 0.29) is 10.7 Å². The van der Waals surface area contributed by atoms with Gasteiger partial charge in [0.05, 0.1) is 5.69 Å². The topological polar surface area (TPSA) is 54.3 Å². The maximum Gasteiger partial charge on any atom is 0.270 e. The number of anilines is 1. The predicted octanol–water partition coefficient (Wildman–Crippen LogP) is 6.64. The Balaban J connectivity index is 1.44. The van der Waals surface area contributed by atoms with Crippen molar-refractivity contribution in [2.24, 2.45) is 0 Å². The maximum atomic E-state index is 13.7. The molecule has 5 nitrogen and oxygen atoms in total. The van der Waals surface area contributed by atoms with Crippen LogP contribution in [0.25, 0.3) is 27.8 Å². The molecule has 2 heterocycles. The van der Waals surface area contributed by atoms with Gasteiger partial charge >= 0.3 is 0 Å². The number of nitrogens with zero attached hydrogens (tertiary/aromatic N) is 2. The van der Waals surface area contributed by atoms with Crippen LogP contribution in [0.1, 0.15) is 16.7 Å². The zero-order valence-electron chi connectivity index (χ0n) is 20.4. The molecule has 4 aromatic carbocycles. The average molecular weight is 536 g/mol. The standard InChI is InChI=1S/C31H22ClN3O2S/c1-19-26(32)13-7-15-27(19)35-30(37)25(29(36)33-31(35)38)16-22-18-34(28-14-5-4-12-24(22)28)17-21-10-6-9-20-8-2-3-11-23(20)21/h2-16,18H,17H2,1H3,(H,33,36,38)/b25-16+. The highest BCUT2D eigenvalue weighted by Crippen LogP contribution is 2.31. The molecule has 5 aromatic rings. The smallest absolute Gasteiger partial charge is 0.270 e. The fourth-order valence-corrected chi connectivity index (χ4v) is 5.45. The summed E-state index contributed by atoms with van der Waals surface area (Å²) in [6, 6.07) is 27.8. The molecule has 0 spiro atoms. The van der Waals surface area contributed by atoms with Crippen LogP contribution in [0.2, 0.25) is 5.02 Å². The van der Waals surface area contributed by atoms with Crippen LogP contribution in [0.4, 0.5) is 5.69 Å². The summed E-state index contributed by atoms with van der Waals surface area (Å²) >= 11 is 11.7. The van der Waals surface area contributed by atoms with Crippen molar-refractivity contribution in [3.8, 4) is 0 Å². The third-order valence-electron chi connectivity index (χ3n) is 6.92. The van der Waals surface area contributed by atoms with Crippen LogP contribution in [0.3, 0.4) is 0 Å². The van der Waals surface area contributed by atoms with Gasteiger partial charge in [-0.3, -0.25) is 19.8 Å². The van der Waals surface area contributed by atoms with Crippen molar-refractivity contribution in [3.63, 3.8) is 0 Å². The lowest BCUT2D eigenvalue weighted by molar-refractivity contribution is -0.122. The quantitative estimate of drug-likeness (QED) is 0.159. The van der Waals surface area contributed by atoms with Crippen LogP contribution in [0.15, 0.2) is 96.7 Å². The number of benzene rings is 4. The van der Waals surface area contributed by atoms with E-state index in [4.69, 9.17) is 23.8 Å². The summed E-state index contributed by atoms with van der Waals surface area (Å²) in [6.45, 7) is 2.46. The fraction of sp³-hybridized carbons (Fsp3) is 0.0645. The molecule has 0 bridgehead atoms. The number of thiocarbonyl (C=S) groups is 1. The normalized spacial score (nSPS) is 15.1. The molecule has 0 saturated carbocycles. The van der Waals surface area contributed by atoms with Crippen molar-refractivity contribution in [2.45, 2.75) is 13.5 Å². The van der Waals surface area contributed by atoms with Gasteiger partial charge in [0.1, 0.15) is 5.57 Å². The van der Waals surface area contributed by atoms with E-state index in [0.717, 1.165) is 16.5 Å². The lowest BCUT2D eigenvalue weighted by Gasteiger charge is -2.30. The van der Waals surface area contributed by atoms with E-state index < -0.39 is 11.8 Å². The van der Waals surface area contributed by atoms with Gasteiger partial charge in [-0.25, -0.2) is 0 Å². The molecular weight excluding hydrogens is 514 g/mol. The number of hydrogen-bond acceptors (Lipinski definition) is 3. The molecule has 1 aliphatic rings. The van der Waals surface area contributed by atoms with Gasteiger partial charge in [-0.15, -0.1) is 0 Å². The van der Waals surface area contributed by atoms with Gasteiger partial charge in [0, 0.05) is 34.2 Å². The number of carbonyl (C=O) groups is 2. The first-order chi connectivity index (χ1) is 18.4. The summed E-state index contributed by atoms with van der Waals surface area (Å²) in [4.78, 5) is 28.0. The number of aromatic nitrogens is 1. The Hall–Kier alpha value is -4.26. The van der Waals surface area contributed by atoms with Gasteiger partial charge in [-0.1, -0.05) is 78.3 Å². The molecule has 38 heavy (non-hydrogen) atoms. The molecule has 0 radical (unpaired) electrons. The SMILES string of the molecule is Cc1c(Cl)cccc1N1C(=O)/C(=C/c2cn(Cc3cccc4ccccc34)c3ccccc23)C(=O)NC1=S. The number of para-hydroxylation sites is 1. The van der Waals surface area contributed by atoms with E-state index in [9.17, 15) is 9.59 Å². The molecule has 6 rings (SSSR count). The number of amides is 2. The van der Waals surface area contributed by atoms with Gasteiger partial charge in [-0.2, -0.15) is 0 Å². The Morgan fingerprint density at radius 2 is 1.61 bits per heavy atom. The van der Waals surface area contributed by atoms with Crippen molar-refractivity contribution >= 4 is 74.2 Å². The highest BCUT2D eigenvalue weighted by Gasteiger charge is 2.35. The molecule has 2 amide bonds. The van der Waals surface area contributed by atoms with Gasteiger partial charge in [0.2, 0.25) is 0 Å². The van der Waals surface area contributed by atoms with Gasteiger partial charge < -0.3 is 4.57 Å². The summed E-state index contributed by atoms with van der Waals surface area (Å²) < 4.78 is 2.15. The Morgan fingerprint density at radius 1 is 0.895 bits per heavy atom. The van der Waals surface area contributed by atoms with Gasteiger partial charge in [0.25, 0.3) is 11.8 Å². The lowest BCUT2D eigenvalue weighted by Crippen LogP contribution is -2.54. The third kappa shape index (κ3) is 4.08. The second kappa shape index (κ2) is 9.56. The first kappa shape index (κ1) is 24.1. The summed E-state index contributed by atoms with van der Waals surface area (Å²) in [5, 5.41) is 6.52. The van der Waals surface area contributed by atoms with Crippen molar-refractivity contribution in [3.05, 3.63) is 118 Å². The molecule has 1 aromatic heterocycles. The van der Waals surface area contributed by atoms with Crippen molar-refractivity contribution in [1.29, 1.82) is 0 Å². The lowest BCUT2D eigenvalue weighted by atomic mass is 10.0. The van der Waals surface area contributed by atoms with E-state index in [1.807, 2.05) is 49.5 Å². The average Bonchev–Trinajstić information content (AvgIpc) is 3.26. The molecule has 0 atom stereocenters. The minimum Gasteiger partial charge on any atom is -0.342 e. The molecule has 7 heteroatoms. The Labute approximate surface area is 229 Å². The van der Waals surface area contributed by atoms with E-state index in [1.165, 1.54) is 21.2 Å². The summed E-state index contributed by atoms with van der Waals surface area (Å²) in [5.74, 6) is -1.02. The fourth-order valence-electron chi connectivity index (χ4n) is 5.00. The highest BCUT2D eigenvalue weighted by molar-refractivity contribution is 7.80. The van der Waals surface area contributed by atoms with Crippen LogP contribution in [0.5, 0.6) is 0 Å². The van der Waals surface area contributed by atoms with Crippen molar-refractivity contribution in [1.82, 2.24) is 9.88 Å². The Morgan fingerprint density at radius 3 is 2.45 bits per heavy atom. The van der Waals surface area contributed by atoms with E-state index in [1.54, 1.807) is 24.3 Å². The number of carbonyl (C=O) groups excluding carboxylic acids is 2. The largest absolute Gasteiger partial charge is 0.342 e. The second-order valence-electron chi connectivity index (χ2n) is 9.21. The van der Waals surface area contributed by atoms with Crippen LogP contribution in [0, 0.1) is 6.92 Å². The summed E-state index contributed by atoms with van der Waals surface area (Å²) in [6.07, 6.45) is 3.64. The highest BCUT2D eigenvalue weighted by atomic mass is 35.5. The van der Waals surface area contributed by atoms with Gasteiger partial charge in [-0.05, 0) is 65.3 Å². The zero-order chi connectivity index (χ0) is 26.4. The first-order valence-electron chi connectivity index (χ1n) is 12.1. The molecule has 0 aliphatic carbocycles. The maximum absolute atomic E-state index is 13.7. The number of hydrogen-bond donors (Lipinski definition) is 1. The molecule has 186 valence electrons. The summed E-state index contributed by atoms with van der Waals surface area (Å²) in [5.41, 5.74) is 4.21. The van der Waals surface area contributed by atoms with Crippen LogP contribution in [-0.4, -0.2) is 21.5 Å². The molecule has 0 unspecified atom stereocenters. The van der Waals surface area contributed by atoms with E-state index >= 15 is 0 Å². The number of fused-ring (bicyclic) bond motifs is 2. The van der Waals surface area contributed by atoms with Gasteiger partial charge in [0.15, 0.2) is 5.11 Å². The van der Waals surface area contributed by atoms with Crippen LogP contribution in [-0.2, 0) is 16.1 Å². The number of rotatable bonds is 4. The number of nitrogens with one attached hydrogen (secondary N) is 1. The zero-order valence-corrected chi connectivity index (χ0v) is 22.0. The predicted molar refractivity (Wildman–Crippen MR) is 157 cm³/mol. The Kier molecular flexibility index (Phi) is 6.06. The van der Waals surface area contributed by atoms with Crippen LogP contribution < -0.4 is 10.2 Å². The van der Waals surface area contributed by atoms with E-state index in [0.29, 0.717) is 22.8 Å².